The fourth-order valence-electron chi connectivity index (χ4n) is 4.10. The van der Waals surface area contributed by atoms with Gasteiger partial charge in [-0.25, -0.2) is 13.9 Å². The molecule has 2 N–H and O–H groups in total. The molecule has 0 saturated carbocycles. The molecule has 0 radical (unpaired) electrons. The van der Waals surface area contributed by atoms with Crippen molar-refractivity contribution in [2.24, 2.45) is 5.92 Å². The van der Waals surface area contributed by atoms with Gasteiger partial charge in [-0.05, 0) is 55.0 Å². The Kier molecular flexibility index (Phi) is 9.64. The molecule has 0 fully saturated rings. The molecule has 2 atom stereocenters. The number of benzene rings is 2. The summed E-state index contributed by atoms with van der Waals surface area (Å²) in [5, 5.41) is 13.9. The van der Waals surface area contributed by atoms with E-state index < -0.39 is 12.3 Å². The maximum Gasteiger partial charge on any atom is 0.261 e. The minimum atomic E-state index is -1.59. The molecule has 5 rings (SSSR count). The summed E-state index contributed by atoms with van der Waals surface area (Å²) in [6.07, 6.45) is 5.29. The van der Waals surface area contributed by atoms with Crippen LogP contribution in [0.3, 0.4) is 0 Å². The first-order valence-corrected chi connectivity index (χ1v) is 13.7. The fraction of sp³-hybridized carbons (Fsp3) is 0.258. The highest BCUT2D eigenvalue weighted by Crippen LogP contribution is 2.38. The number of ether oxygens (including phenoxy) is 2. The first-order chi connectivity index (χ1) is 20.3. The number of alkyl halides is 1. The quantitative estimate of drug-likeness (QED) is 0.171. The minimum Gasteiger partial charge on any atom is -0.460 e. The smallest absolute Gasteiger partial charge is 0.261 e. The van der Waals surface area contributed by atoms with Crippen LogP contribution in [0.1, 0.15) is 61.8 Å². The minimum absolute atomic E-state index is 0.0621. The number of halogens is 1. The predicted octanol–water partition coefficient (Wildman–Crippen LogP) is 7.11. The van der Waals surface area contributed by atoms with Crippen LogP contribution in [0.2, 0.25) is 0 Å². The van der Waals surface area contributed by atoms with Crippen molar-refractivity contribution in [1.29, 1.82) is 0 Å². The van der Waals surface area contributed by atoms with Gasteiger partial charge in [0.05, 0.1) is 23.8 Å². The van der Waals surface area contributed by atoms with Crippen molar-refractivity contribution in [3.63, 3.8) is 0 Å². The largest absolute Gasteiger partial charge is 0.460 e. The van der Waals surface area contributed by atoms with E-state index in [0.717, 1.165) is 6.42 Å². The molecule has 0 aliphatic carbocycles. The van der Waals surface area contributed by atoms with E-state index in [0.29, 0.717) is 39.7 Å². The summed E-state index contributed by atoms with van der Waals surface area (Å²) < 4.78 is 26.8. The zero-order valence-electron chi connectivity index (χ0n) is 24.1. The molecule has 2 unspecified atom stereocenters. The molecule has 0 aliphatic rings. The van der Waals surface area contributed by atoms with Crippen molar-refractivity contribution < 1.29 is 23.5 Å². The van der Waals surface area contributed by atoms with Crippen molar-refractivity contribution in [1.82, 2.24) is 24.8 Å². The Morgan fingerprint density at radius 2 is 1.81 bits per heavy atom. The van der Waals surface area contributed by atoms with E-state index in [9.17, 15) is 14.0 Å². The van der Waals surface area contributed by atoms with Crippen LogP contribution in [-0.4, -0.2) is 42.8 Å². The summed E-state index contributed by atoms with van der Waals surface area (Å²) in [5.41, 5.74) is 2.41. The highest BCUT2D eigenvalue weighted by molar-refractivity contribution is 6.09. The monoisotopic (exact) mass is 572 g/mol. The van der Waals surface area contributed by atoms with Crippen LogP contribution in [0.15, 0.2) is 73.3 Å². The number of amides is 1. The van der Waals surface area contributed by atoms with Crippen LogP contribution in [0.25, 0.3) is 16.9 Å². The third-order valence-corrected chi connectivity index (χ3v) is 6.36. The number of hydrogen-bond acceptors (Lipinski definition) is 7. The Labute approximate surface area is 242 Å². The van der Waals surface area contributed by atoms with E-state index in [4.69, 9.17) is 9.47 Å². The van der Waals surface area contributed by atoms with Gasteiger partial charge in [0, 0.05) is 36.4 Å². The molecule has 11 heteroatoms. The number of anilines is 1. The van der Waals surface area contributed by atoms with Gasteiger partial charge in [0.25, 0.3) is 5.91 Å². The van der Waals surface area contributed by atoms with Crippen molar-refractivity contribution in [3.8, 4) is 28.5 Å². The number of carbonyl (C=O) groups is 2. The first kappa shape index (κ1) is 29.9. The number of rotatable bonds is 10. The SMILES string of the molecule is CC.CCC(C)C(=O)c1ccc(Oc2ccc(OC(C)F)c(-c3[nH]ncc3NC(=O)c3cnn4cccnc34)c2)cc1. The van der Waals surface area contributed by atoms with Crippen molar-refractivity contribution in [2.45, 2.75) is 47.4 Å². The van der Waals surface area contributed by atoms with Crippen molar-refractivity contribution in [2.75, 3.05) is 5.32 Å². The number of nitrogens with one attached hydrogen (secondary N) is 2. The number of Topliss-reactive ketones (excluding diaryl/α,β-unsaturated/α-hetero) is 1. The average molecular weight is 573 g/mol. The zero-order chi connectivity index (χ0) is 30.2. The van der Waals surface area contributed by atoms with Gasteiger partial charge < -0.3 is 14.8 Å². The summed E-state index contributed by atoms with van der Waals surface area (Å²) >= 11 is 0. The lowest BCUT2D eigenvalue weighted by atomic mass is 9.97. The number of carbonyl (C=O) groups excluding carboxylic acids is 2. The molecule has 5 aromatic rings. The topological polar surface area (TPSA) is 124 Å². The van der Waals surface area contributed by atoms with Crippen molar-refractivity contribution >= 4 is 23.0 Å². The Morgan fingerprint density at radius 3 is 2.52 bits per heavy atom. The lowest BCUT2D eigenvalue weighted by Gasteiger charge is -2.15. The molecule has 0 bridgehead atoms. The first-order valence-electron chi connectivity index (χ1n) is 13.7. The van der Waals surface area contributed by atoms with Crippen LogP contribution in [0.4, 0.5) is 10.1 Å². The summed E-state index contributed by atoms with van der Waals surface area (Å²) in [7, 11) is 0. The second-order valence-electron chi connectivity index (χ2n) is 9.18. The Morgan fingerprint density at radius 1 is 1.07 bits per heavy atom. The number of aromatic amines is 1. The standard InChI is InChI=1S/C29H27FN6O4.C2H6/c1-4-17(2)27(37)19-6-8-20(9-7-19)40-21-10-11-25(39-18(3)30)22(14-21)26-24(16-32-35-26)34-29(38)23-15-33-36-13-5-12-31-28(23)36;1-2/h5-18H,4H2,1-3H3,(H,32,35)(H,34,38);1-2H3. The maximum atomic E-state index is 13.9. The van der Waals surface area contributed by atoms with Gasteiger partial charge in [0.1, 0.15) is 22.8 Å². The summed E-state index contributed by atoms with van der Waals surface area (Å²) in [6.45, 7) is 9.14. The molecule has 218 valence electrons. The van der Waals surface area contributed by atoms with Gasteiger partial charge in [-0.3, -0.25) is 14.7 Å². The molecule has 3 heterocycles. The highest BCUT2D eigenvalue weighted by atomic mass is 19.1. The lowest BCUT2D eigenvalue weighted by Crippen LogP contribution is -2.12. The Hall–Kier alpha value is -5.06. The molecule has 0 spiro atoms. The van der Waals surface area contributed by atoms with E-state index >= 15 is 0 Å². The number of aromatic nitrogens is 5. The van der Waals surface area contributed by atoms with Gasteiger partial charge in [-0.15, -0.1) is 0 Å². The van der Waals surface area contributed by atoms with Gasteiger partial charge in [0.15, 0.2) is 11.4 Å². The molecule has 0 aliphatic heterocycles. The number of hydrogen-bond donors (Lipinski definition) is 2. The van der Waals surface area contributed by atoms with Gasteiger partial charge in [-0.1, -0.05) is 27.7 Å². The molecule has 0 saturated heterocycles. The number of nitrogens with zero attached hydrogens (tertiary/aromatic N) is 4. The summed E-state index contributed by atoms with van der Waals surface area (Å²) in [4.78, 5) is 29.8. The Bertz CT molecular complexity index is 1660. The molecule has 2 aromatic carbocycles. The molecule has 42 heavy (non-hydrogen) atoms. The van der Waals surface area contributed by atoms with E-state index in [2.05, 4.69) is 25.6 Å². The van der Waals surface area contributed by atoms with Gasteiger partial charge >= 0.3 is 0 Å². The zero-order valence-corrected chi connectivity index (χ0v) is 24.1. The molecule has 10 nitrogen and oxygen atoms in total. The van der Waals surface area contributed by atoms with Crippen LogP contribution in [0.5, 0.6) is 17.2 Å². The highest BCUT2D eigenvalue weighted by Gasteiger charge is 2.20. The summed E-state index contributed by atoms with van der Waals surface area (Å²) in [5.74, 6) is 0.720. The normalized spacial score (nSPS) is 12.1. The molecular formula is C31H33FN6O4. The summed E-state index contributed by atoms with van der Waals surface area (Å²) in [6, 6.07) is 13.5. The third-order valence-electron chi connectivity index (χ3n) is 6.36. The van der Waals surface area contributed by atoms with Crippen LogP contribution in [0, 0.1) is 5.92 Å². The lowest BCUT2D eigenvalue weighted by molar-refractivity contribution is 0.0865. The van der Waals surface area contributed by atoms with E-state index in [-0.39, 0.29) is 23.0 Å². The average Bonchev–Trinajstić information content (AvgIpc) is 3.65. The van der Waals surface area contributed by atoms with Crippen molar-refractivity contribution in [3.05, 3.63) is 84.4 Å². The maximum absolute atomic E-state index is 13.9. The molecule has 1 amide bonds. The number of ketones is 1. The van der Waals surface area contributed by atoms with Gasteiger partial charge in [0.2, 0.25) is 6.36 Å². The molecule has 3 aromatic heterocycles. The van der Waals surface area contributed by atoms with E-state index in [1.807, 2.05) is 27.7 Å². The number of fused-ring (bicyclic) bond motifs is 1. The second kappa shape index (κ2) is 13.5. The fourth-order valence-corrected chi connectivity index (χ4v) is 4.10. The third kappa shape index (κ3) is 6.63. The second-order valence-corrected chi connectivity index (χ2v) is 9.18. The van der Waals surface area contributed by atoms with Crippen LogP contribution >= 0.6 is 0 Å². The van der Waals surface area contributed by atoms with Crippen LogP contribution in [-0.2, 0) is 0 Å². The van der Waals surface area contributed by atoms with Crippen LogP contribution < -0.4 is 14.8 Å². The number of H-pyrrole nitrogens is 1. The molecular weight excluding hydrogens is 539 g/mol. The Balaban J connectivity index is 0.00000198. The van der Waals surface area contributed by atoms with Gasteiger partial charge in [-0.2, -0.15) is 10.2 Å². The van der Waals surface area contributed by atoms with E-state index in [1.165, 1.54) is 23.8 Å². The predicted molar refractivity (Wildman–Crippen MR) is 158 cm³/mol. The van der Waals surface area contributed by atoms with E-state index in [1.54, 1.807) is 60.9 Å².